The summed E-state index contributed by atoms with van der Waals surface area (Å²) in [5.41, 5.74) is 8.34. The van der Waals surface area contributed by atoms with E-state index >= 15 is 0 Å². The Morgan fingerprint density at radius 3 is 2.62 bits per heavy atom. The van der Waals surface area contributed by atoms with Crippen molar-refractivity contribution in [2.75, 3.05) is 18.5 Å². The van der Waals surface area contributed by atoms with Crippen LogP contribution in [-0.4, -0.2) is 31.1 Å². The summed E-state index contributed by atoms with van der Waals surface area (Å²) in [5, 5.41) is 6.02. The van der Waals surface area contributed by atoms with Crippen molar-refractivity contribution in [1.29, 1.82) is 0 Å². The molecule has 3 aromatic rings. The fourth-order valence-electron chi connectivity index (χ4n) is 3.55. The molecule has 0 saturated carbocycles. The summed E-state index contributed by atoms with van der Waals surface area (Å²) in [6.45, 7) is 1.66. The molecule has 34 heavy (non-hydrogen) atoms. The van der Waals surface area contributed by atoms with Crippen LogP contribution in [0.5, 0.6) is 11.5 Å². The van der Waals surface area contributed by atoms with Crippen molar-refractivity contribution in [3.05, 3.63) is 90.0 Å². The van der Waals surface area contributed by atoms with Gasteiger partial charge in [0.2, 0.25) is 0 Å². The predicted molar refractivity (Wildman–Crippen MR) is 145 cm³/mol. The molecule has 1 saturated heterocycles. The number of nitrogens with zero attached hydrogens (tertiary/aromatic N) is 1. The first-order valence-corrected chi connectivity index (χ1v) is 11.0. The standard InChI is InChI=1S/C26H28N4O3.HI/c27-26(30-21-9-5-12-23(16-21)33-22-10-2-1-3-11-22)29-17-19-7-4-8-20(15-19)25(31)28-18-24-13-6-14-32-24;/h1-5,7-12,15-16,24H,6,13-14,17-18H2,(H,28,31)(H3,27,29,30);1H. The maximum atomic E-state index is 12.4. The molecular formula is C26H29IN4O3. The van der Waals surface area contributed by atoms with Crippen molar-refractivity contribution < 1.29 is 14.3 Å². The summed E-state index contributed by atoms with van der Waals surface area (Å²) in [6.07, 6.45) is 2.15. The van der Waals surface area contributed by atoms with E-state index in [0.29, 0.717) is 24.4 Å². The summed E-state index contributed by atoms with van der Waals surface area (Å²) in [4.78, 5) is 16.8. The maximum Gasteiger partial charge on any atom is 0.251 e. The zero-order valence-electron chi connectivity index (χ0n) is 18.8. The Hall–Kier alpha value is -3.11. The number of rotatable bonds is 8. The second-order valence-corrected chi connectivity index (χ2v) is 7.81. The van der Waals surface area contributed by atoms with E-state index in [4.69, 9.17) is 15.2 Å². The van der Waals surface area contributed by atoms with Crippen LogP contribution in [0.1, 0.15) is 28.8 Å². The number of ether oxygens (including phenoxy) is 2. The summed E-state index contributed by atoms with van der Waals surface area (Å²) in [7, 11) is 0. The van der Waals surface area contributed by atoms with Gasteiger partial charge in [0.05, 0.1) is 12.6 Å². The third kappa shape index (κ3) is 7.74. The fourth-order valence-corrected chi connectivity index (χ4v) is 3.55. The molecule has 1 fully saturated rings. The molecule has 0 spiro atoms. The quantitative estimate of drug-likeness (QED) is 0.202. The summed E-state index contributed by atoms with van der Waals surface area (Å²) in [6, 6.07) is 24.5. The molecule has 8 heteroatoms. The number of anilines is 1. The first kappa shape index (κ1) is 25.5. The van der Waals surface area contributed by atoms with Gasteiger partial charge < -0.3 is 25.8 Å². The average Bonchev–Trinajstić information content (AvgIpc) is 3.36. The summed E-state index contributed by atoms with van der Waals surface area (Å²) in [5.74, 6) is 1.62. The van der Waals surface area contributed by atoms with E-state index in [0.717, 1.165) is 36.4 Å². The zero-order valence-corrected chi connectivity index (χ0v) is 21.1. The van der Waals surface area contributed by atoms with Gasteiger partial charge in [-0.2, -0.15) is 0 Å². The Bertz CT molecular complexity index is 1100. The molecule has 4 rings (SSSR count). The number of amides is 1. The van der Waals surface area contributed by atoms with Crippen LogP contribution in [-0.2, 0) is 11.3 Å². The Morgan fingerprint density at radius 1 is 1.03 bits per heavy atom. The number of nitrogens with two attached hydrogens (primary N) is 1. The van der Waals surface area contributed by atoms with Crippen LogP contribution < -0.4 is 21.1 Å². The van der Waals surface area contributed by atoms with Crippen molar-refractivity contribution in [2.45, 2.75) is 25.5 Å². The van der Waals surface area contributed by atoms with Gasteiger partial charge in [-0.05, 0) is 54.8 Å². The number of nitrogens with one attached hydrogen (secondary N) is 2. The molecule has 1 aliphatic heterocycles. The highest BCUT2D eigenvalue weighted by atomic mass is 127. The smallest absolute Gasteiger partial charge is 0.251 e. The molecule has 1 aliphatic rings. The molecule has 178 valence electrons. The lowest BCUT2D eigenvalue weighted by Gasteiger charge is -2.11. The highest BCUT2D eigenvalue weighted by Gasteiger charge is 2.16. The largest absolute Gasteiger partial charge is 0.457 e. The lowest BCUT2D eigenvalue weighted by Crippen LogP contribution is -2.31. The number of guanidine groups is 1. The molecule has 3 aromatic carbocycles. The van der Waals surface area contributed by atoms with Crippen LogP contribution in [0, 0.1) is 0 Å². The van der Waals surface area contributed by atoms with Gasteiger partial charge in [0.25, 0.3) is 5.91 Å². The van der Waals surface area contributed by atoms with Gasteiger partial charge in [-0.25, -0.2) is 4.99 Å². The molecule has 1 atom stereocenters. The predicted octanol–water partition coefficient (Wildman–Crippen LogP) is 4.93. The monoisotopic (exact) mass is 572 g/mol. The third-order valence-electron chi connectivity index (χ3n) is 5.22. The Kier molecular flexibility index (Phi) is 9.72. The van der Waals surface area contributed by atoms with Gasteiger partial charge in [0.15, 0.2) is 5.96 Å². The van der Waals surface area contributed by atoms with Crippen LogP contribution in [0.15, 0.2) is 83.9 Å². The molecule has 1 heterocycles. The van der Waals surface area contributed by atoms with Crippen molar-refractivity contribution in [1.82, 2.24) is 5.32 Å². The van der Waals surface area contributed by atoms with E-state index in [9.17, 15) is 4.79 Å². The van der Waals surface area contributed by atoms with E-state index in [1.54, 1.807) is 6.07 Å². The first-order valence-electron chi connectivity index (χ1n) is 11.0. The molecule has 1 amide bonds. The fraction of sp³-hybridized carbons (Fsp3) is 0.231. The highest BCUT2D eigenvalue weighted by Crippen LogP contribution is 2.23. The summed E-state index contributed by atoms with van der Waals surface area (Å²) >= 11 is 0. The minimum atomic E-state index is -0.113. The number of halogens is 1. The lowest BCUT2D eigenvalue weighted by molar-refractivity contribution is 0.0857. The van der Waals surface area contributed by atoms with Crippen molar-refractivity contribution in [2.24, 2.45) is 10.7 Å². The van der Waals surface area contributed by atoms with E-state index in [-0.39, 0.29) is 41.9 Å². The Balaban J connectivity index is 0.00000324. The van der Waals surface area contributed by atoms with E-state index in [2.05, 4.69) is 15.6 Å². The van der Waals surface area contributed by atoms with Gasteiger partial charge in [0.1, 0.15) is 11.5 Å². The van der Waals surface area contributed by atoms with Gasteiger partial charge in [-0.15, -0.1) is 24.0 Å². The van der Waals surface area contributed by atoms with Crippen LogP contribution in [0.25, 0.3) is 0 Å². The molecular weight excluding hydrogens is 543 g/mol. The van der Waals surface area contributed by atoms with Crippen molar-refractivity contribution in [3.8, 4) is 11.5 Å². The lowest BCUT2D eigenvalue weighted by atomic mass is 10.1. The number of aliphatic imine (C=N–C) groups is 1. The maximum absolute atomic E-state index is 12.4. The molecule has 7 nitrogen and oxygen atoms in total. The van der Waals surface area contributed by atoms with Gasteiger partial charge in [-0.3, -0.25) is 4.79 Å². The normalized spacial score (nSPS) is 15.3. The van der Waals surface area contributed by atoms with Crippen LogP contribution in [0.4, 0.5) is 5.69 Å². The minimum absolute atomic E-state index is 0. The minimum Gasteiger partial charge on any atom is -0.457 e. The molecule has 0 aliphatic carbocycles. The average molecular weight is 572 g/mol. The summed E-state index contributed by atoms with van der Waals surface area (Å²) < 4.78 is 11.4. The molecule has 4 N–H and O–H groups in total. The Labute approximate surface area is 216 Å². The van der Waals surface area contributed by atoms with Crippen LogP contribution >= 0.6 is 24.0 Å². The number of carbonyl (C=O) groups excluding carboxylic acids is 1. The van der Waals surface area contributed by atoms with Gasteiger partial charge in [-0.1, -0.05) is 36.4 Å². The molecule has 0 aromatic heterocycles. The topological polar surface area (TPSA) is 98.0 Å². The van der Waals surface area contributed by atoms with E-state index < -0.39 is 0 Å². The van der Waals surface area contributed by atoms with Gasteiger partial charge in [0, 0.05) is 30.5 Å². The van der Waals surface area contributed by atoms with Crippen molar-refractivity contribution >= 4 is 41.5 Å². The molecule has 0 bridgehead atoms. The Morgan fingerprint density at radius 2 is 1.82 bits per heavy atom. The number of carbonyl (C=O) groups is 1. The molecule has 0 radical (unpaired) electrons. The SMILES string of the molecule is I.NC(=NCc1cccc(C(=O)NCC2CCCO2)c1)Nc1cccc(Oc2ccccc2)c1. The highest BCUT2D eigenvalue weighted by molar-refractivity contribution is 14.0. The number of benzene rings is 3. The van der Waals surface area contributed by atoms with E-state index in [1.807, 2.05) is 72.8 Å². The first-order chi connectivity index (χ1) is 16.2. The number of hydrogen-bond donors (Lipinski definition) is 3. The third-order valence-corrected chi connectivity index (χ3v) is 5.22. The number of hydrogen-bond acceptors (Lipinski definition) is 4. The second kappa shape index (κ2) is 13.0. The number of para-hydroxylation sites is 1. The molecule has 1 unspecified atom stereocenters. The second-order valence-electron chi connectivity index (χ2n) is 7.81. The van der Waals surface area contributed by atoms with Crippen molar-refractivity contribution in [3.63, 3.8) is 0 Å². The van der Waals surface area contributed by atoms with Crippen LogP contribution in [0.2, 0.25) is 0 Å². The van der Waals surface area contributed by atoms with Gasteiger partial charge >= 0.3 is 0 Å². The zero-order chi connectivity index (χ0) is 22.9. The van der Waals surface area contributed by atoms with Crippen LogP contribution in [0.3, 0.4) is 0 Å². The van der Waals surface area contributed by atoms with E-state index in [1.165, 1.54) is 0 Å².